The number of nitrogens with one attached hydrogen (secondary N) is 2. The second-order valence-electron chi connectivity index (χ2n) is 9.95. The number of amides is 2. The lowest BCUT2D eigenvalue weighted by molar-refractivity contribution is -0.160. The molecule has 2 heterocycles. The van der Waals surface area contributed by atoms with E-state index in [1.807, 2.05) is 29.2 Å². The Labute approximate surface area is 170 Å². The number of aromatic amines is 1. The number of para-hydroxylation sites is 2. The first-order valence-electron chi connectivity index (χ1n) is 11.2. The number of nitrogens with zero attached hydrogens (tertiary/aromatic N) is 2. The third-order valence-electron chi connectivity index (χ3n) is 7.94. The zero-order valence-electron chi connectivity index (χ0n) is 16.7. The highest BCUT2D eigenvalue weighted by Crippen LogP contribution is 2.60. The van der Waals surface area contributed by atoms with Crippen molar-refractivity contribution in [3.05, 3.63) is 24.3 Å². The van der Waals surface area contributed by atoms with E-state index in [9.17, 15) is 9.59 Å². The van der Waals surface area contributed by atoms with E-state index in [2.05, 4.69) is 15.3 Å². The number of hydrogen-bond donors (Lipinski definition) is 2. The van der Waals surface area contributed by atoms with Crippen molar-refractivity contribution in [3.63, 3.8) is 0 Å². The van der Waals surface area contributed by atoms with Gasteiger partial charge in [0.05, 0.1) is 16.4 Å². The van der Waals surface area contributed by atoms with Crippen LogP contribution in [0.25, 0.3) is 11.0 Å². The Morgan fingerprint density at radius 1 is 1.07 bits per heavy atom. The molecule has 29 heavy (non-hydrogen) atoms. The topological polar surface area (TPSA) is 78.1 Å². The molecule has 2 N–H and O–H groups in total. The predicted octanol–water partition coefficient (Wildman–Crippen LogP) is 3.71. The molecule has 1 atom stereocenters. The Morgan fingerprint density at radius 3 is 2.45 bits per heavy atom. The largest absolute Gasteiger partial charge is 0.330 e. The first-order valence-corrected chi connectivity index (χ1v) is 11.2. The fraction of sp³-hybridized carbons (Fsp3) is 0.609. The first-order chi connectivity index (χ1) is 14.1. The summed E-state index contributed by atoms with van der Waals surface area (Å²) < 4.78 is 0. The van der Waals surface area contributed by atoms with Gasteiger partial charge < -0.3 is 9.88 Å². The van der Waals surface area contributed by atoms with E-state index < -0.39 is 0 Å². The van der Waals surface area contributed by atoms with Crippen molar-refractivity contribution in [3.8, 4) is 0 Å². The number of hydrogen-bond acceptors (Lipinski definition) is 3. The summed E-state index contributed by atoms with van der Waals surface area (Å²) in [5, 5.41) is 2.93. The molecule has 2 aromatic rings. The number of carbonyl (C=O) groups is 2. The Balaban J connectivity index is 1.21. The number of fused-ring (bicyclic) bond motifs is 1. The maximum absolute atomic E-state index is 13.7. The summed E-state index contributed by atoms with van der Waals surface area (Å²) >= 11 is 0. The van der Waals surface area contributed by atoms with Crippen molar-refractivity contribution in [2.45, 2.75) is 57.4 Å². The van der Waals surface area contributed by atoms with E-state index in [0.29, 0.717) is 12.5 Å². The molecule has 4 bridgehead atoms. The Hall–Kier alpha value is -2.37. The van der Waals surface area contributed by atoms with E-state index in [4.69, 9.17) is 0 Å². The second kappa shape index (κ2) is 6.31. The molecule has 152 valence electrons. The number of imidazole rings is 1. The summed E-state index contributed by atoms with van der Waals surface area (Å²) in [6, 6.07) is 7.35. The van der Waals surface area contributed by atoms with Crippen LogP contribution < -0.4 is 5.32 Å². The molecule has 2 amide bonds. The van der Waals surface area contributed by atoms with Crippen LogP contribution in [-0.2, 0) is 9.59 Å². The lowest BCUT2D eigenvalue weighted by atomic mass is 9.49. The van der Waals surface area contributed by atoms with Gasteiger partial charge in [-0.15, -0.1) is 0 Å². The van der Waals surface area contributed by atoms with Crippen molar-refractivity contribution in [2.24, 2.45) is 23.2 Å². The Morgan fingerprint density at radius 2 is 1.76 bits per heavy atom. The molecule has 6 nitrogen and oxygen atoms in total. The van der Waals surface area contributed by atoms with Crippen molar-refractivity contribution in [1.82, 2.24) is 14.9 Å². The summed E-state index contributed by atoms with van der Waals surface area (Å²) in [5.41, 5.74) is 1.54. The number of carbonyl (C=O) groups excluding carboxylic acids is 2. The predicted molar refractivity (Wildman–Crippen MR) is 110 cm³/mol. The van der Waals surface area contributed by atoms with Crippen molar-refractivity contribution in [1.29, 1.82) is 0 Å². The lowest BCUT2D eigenvalue weighted by Gasteiger charge is -2.56. The standard InChI is InChI=1S/C23H28N4O2/c28-20(26-22-24-17-4-1-2-5-18(17)25-22)19-6-3-7-27(19)21(29)23-11-14-8-15(12-23)10-16(9-14)13-23/h1-2,4-5,14-16,19H,3,6-13H2,(H2,24,25,26,28). The molecule has 1 saturated heterocycles. The van der Waals surface area contributed by atoms with Crippen molar-refractivity contribution in [2.75, 3.05) is 11.9 Å². The highest BCUT2D eigenvalue weighted by atomic mass is 16.2. The van der Waals surface area contributed by atoms with E-state index in [0.717, 1.165) is 60.9 Å². The van der Waals surface area contributed by atoms with Gasteiger partial charge in [0.25, 0.3) is 0 Å². The third kappa shape index (κ3) is 2.79. The van der Waals surface area contributed by atoms with Gasteiger partial charge in [-0.1, -0.05) is 12.1 Å². The Bertz CT molecular complexity index is 912. The van der Waals surface area contributed by atoms with Crippen molar-refractivity contribution < 1.29 is 9.59 Å². The van der Waals surface area contributed by atoms with Crippen molar-refractivity contribution >= 4 is 28.8 Å². The molecule has 7 rings (SSSR count). The molecule has 4 saturated carbocycles. The first kappa shape index (κ1) is 17.5. The molecule has 1 aromatic carbocycles. The van der Waals surface area contributed by atoms with Crippen LogP contribution in [0.1, 0.15) is 51.4 Å². The van der Waals surface area contributed by atoms with Crippen LogP contribution in [0.4, 0.5) is 5.95 Å². The maximum atomic E-state index is 13.7. The summed E-state index contributed by atoms with van der Waals surface area (Å²) in [7, 11) is 0. The van der Waals surface area contributed by atoms with Gasteiger partial charge in [0, 0.05) is 6.54 Å². The van der Waals surface area contributed by atoms with Gasteiger partial charge in [0.15, 0.2) is 0 Å². The number of aromatic nitrogens is 2. The van der Waals surface area contributed by atoms with Crippen LogP contribution in [-0.4, -0.2) is 39.3 Å². The van der Waals surface area contributed by atoms with Crippen LogP contribution in [0.15, 0.2) is 24.3 Å². The molecule has 1 unspecified atom stereocenters. The van der Waals surface area contributed by atoms with Crippen LogP contribution in [0, 0.1) is 23.2 Å². The number of anilines is 1. The van der Waals surface area contributed by atoms with Crippen LogP contribution in [0.3, 0.4) is 0 Å². The fourth-order valence-corrected chi connectivity index (χ4v) is 7.17. The number of likely N-dealkylation sites (tertiary alicyclic amines) is 1. The van der Waals surface area contributed by atoms with Crippen LogP contribution >= 0.6 is 0 Å². The Kier molecular flexibility index (Phi) is 3.81. The SMILES string of the molecule is O=C(Nc1nc2ccccc2[nH]1)C1CCCN1C(=O)C12CC3CC(CC(C3)C1)C2. The smallest absolute Gasteiger partial charge is 0.249 e. The van der Waals surface area contributed by atoms with Gasteiger partial charge in [-0.2, -0.15) is 0 Å². The molecule has 1 aliphatic heterocycles. The molecule has 5 fully saturated rings. The van der Waals surface area contributed by atoms with Gasteiger partial charge in [0.1, 0.15) is 6.04 Å². The summed E-state index contributed by atoms with van der Waals surface area (Å²) in [6.07, 6.45) is 8.75. The second-order valence-corrected chi connectivity index (χ2v) is 9.95. The van der Waals surface area contributed by atoms with Crippen LogP contribution in [0.5, 0.6) is 0 Å². The molecular formula is C23H28N4O2. The highest BCUT2D eigenvalue weighted by Gasteiger charge is 2.56. The molecule has 0 spiro atoms. The zero-order chi connectivity index (χ0) is 19.6. The fourth-order valence-electron chi connectivity index (χ4n) is 7.17. The minimum Gasteiger partial charge on any atom is -0.330 e. The van der Waals surface area contributed by atoms with Gasteiger partial charge in [-0.05, 0) is 81.3 Å². The summed E-state index contributed by atoms with van der Waals surface area (Å²) in [5.74, 6) is 2.81. The highest BCUT2D eigenvalue weighted by molar-refractivity contribution is 5.98. The molecule has 1 aromatic heterocycles. The van der Waals surface area contributed by atoms with Gasteiger partial charge in [-0.25, -0.2) is 4.98 Å². The molecule has 6 heteroatoms. The molecule has 5 aliphatic rings. The quantitative estimate of drug-likeness (QED) is 0.836. The monoisotopic (exact) mass is 392 g/mol. The summed E-state index contributed by atoms with van der Waals surface area (Å²) in [6.45, 7) is 0.707. The van der Waals surface area contributed by atoms with Crippen LogP contribution in [0.2, 0.25) is 0 Å². The normalized spacial score (nSPS) is 35.4. The van der Waals surface area contributed by atoms with E-state index in [1.165, 1.54) is 19.3 Å². The number of rotatable bonds is 3. The minimum atomic E-state index is -0.372. The zero-order valence-corrected chi connectivity index (χ0v) is 16.7. The minimum absolute atomic E-state index is 0.111. The van der Waals surface area contributed by atoms with E-state index >= 15 is 0 Å². The molecule has 4 aliphatic carbocycles. The van der Waals surface area contributed by atoms with Gasteiger partial charge in [0.2, 0.25) is 17.8 Å². The lowest BCUT2D eigenvalue weighted by Crippen LogP contribution is -2.56. The molecular weight excluding hydrogens is 364 g/mol. The third-order valence-corrected chi connectivity index (χ3v) is 7.94. The number of H-pyrrole nitrogens is 1. The average molecular weight is 393 g/mol. The van der Waals surface area contributed by atoms with E-state index in [-0.39, 0.29) is 23.3 Å². The summed E-state index contributed by atoms with van der Waals surface area (Å²) in [4.78, 5) is 36.3. The average Bonchev–Trinajstić information content (AvgIpc) is 3.32. The maximum Gasteiger partial charge on any atom is 0.249 e. The van der Waals surface area contributed by atoms with E-state index in [1.54, 1.807) is 0 Å². The van der Waals surface area contributed by atoms with Gasteiger partial charge >= 0.3 is 0 Å². The van der Waals surface area contributed by atoms with Gasteiger partial charge in [-0.3, -0.25) is 14.9 Å². The number of benzene rings is 1. The molecule has 0 radical (unpaired) electrons.